The molecule has 1 aromatic rings. The van der Waals surface area contributed by atoms with E-state index < -0.39 is 11.9 Å². The summed E-state index contributed by atoms with van der Waals surface area (Å²) >= 11 is 3.16. The number of benzene rings is 1. The van der Waals surface area contributed by atoms with Gasteiger partial charge >= 0.3 is 5.97 Å². The zero-order valence-corrected chi connectivity index (χ0v) is 12.1. The molecule has 2 N–H and O–H groups in total. The summed E-state index contributed by atoms with van der Waals surface area (Å²) in [6, 6.07) is 4.39. The first kappa shape index (κ1) is 15.8. The molecule has 0 bridgehead atoms. The number of halogens is 1. The third-order valence-electron chi connectivity index (χ3n) is 2.19. The first-order valence-corrected chi connectivity index (χ1v) is 6.16. The number of nitrogens with one attached hydrogen (secondary N) is 1. The molecule has 0 aliphatic heterocycles. The second-order valence-corrected chi connectivity index (χ2v) is 4.37. The van der Waals surface area contributed by atoms with Crippen LogP contribution in [-0.4, -0.2) is 37.2 Å². The minimum Gasteiger partial charge on any atom is -0.493 e. The average Bonchev–Trinajstić information content (AvgIpc) is 2.42. The highest BCUT2D eigenvalue weighted by molar-refractivity contribution is 9.10. The molecule has 7 nitrogen and oxygen atoms in total. The highest BCUT2D eigenvalue weighted by Crippen LogP contribution is 2.36. The smallest absolute Gasteiger partial charge is 0.335 e. The summed E-state index contributed by atoms with van der Waals surface area (Å²) in [5, 5.41) is 19.6. The predicted molar refractivity (Wildman–Crippen MR) is 71.8 cm³/mol. The van der Waals surface area contributed by atoms with Crippen LogP contribution in [0.5, 0.6) is 11.5 Å². The minimum absolute atomic E-state index is 0.0232. The zero-order valence-electron chi connectivity index (χ0n) is 10.5. The van der Waals surface area contributed by atoms with Crippen LogP contribution in [0.4, 0.5) is 0 Å². The van der Waals surface area contributed by atoms with Crippen molar-refractivity contribution in [2.24, 2.45) is 0 Å². The van der Waals surface area contributed by atoms with Gasteiger partial charge < -0.3 is 19.9 Å². The molecule has 0 radical (unpaired) electrons. The van der Waals surface area contributed by atoms with E-state index in [9.17, 15) is 9.59 Å². The molecule has 1 rings (SSSR count). The van der Waals surface area contributed by atoms with E-state index in [1.165, 1.54) is 19.2 Å². The second-order valence-electron chi connectivity index (χ2n) is 3.52. The molecule has 106 valence electrons. The van der Waals surface area contributed by atoms with Gasteiger partial charge in [-0.05, 0) is 28.1 Å². The Bertz CT molecular complexity index is 568. The number of methoxy groups -OCH3 is 1. The Morgan fingerprint density at radius 1 is 1.50 bits per heavy atom. The van der Waals surface area contributed by atoms with Crippen LogP contribution >= 0.6 is 15.9 Å². The summed E-state index contributed by atoms with van der Waals surface area (Å²) < 4.78 is 10.6. The first-order valence-electron chi connectivity index (χ1n) is 5.36. The number of ether oxygens (including phenoxy) is 2. The Balaban J connectivity index is 2.87. The molecular weight excluding hydrogens is 332 g/mol. The van der Waals surface area contributed by atoms with Gasteiger partial charge in [-0.2, -0.15) is 5.26 Å². The third kappa shape index (κ3) is 4.13. The summed E-state index contributed by atoms with van der Waals surface area (Å²) in [6.45, 7) is -0.429. The van der Waals surface area contributed by atoms with Crippen molar-refractivity contribution in [1.82, 2.24) is 5.32 Å². The second kappa shape index (κ2) is 7.35. The van der Waals surface area contributed by atoms with Crippen molar-refractivity contribution in [3.63, 3.8) is 0 Å². The number of aromatic carboxylic acids is 1. The number of rotatable bonds is 6. The van der Waals surface area contributed by atoms with Gasteiger partial charge in [0, 0.05) is 0 Å². The topological polar surface area (TPSA) is 109 Å². The summed E-state index contributed by atoms with van der Waals surface area (Å²) in [5.41, 5.74) is 0.0232. The monoisotopic (exact) mass is 342 g/mol. The lowest BCUT2D eigenvalue weighted by molar-refractivity contribution is -0.122. The number of hydrogen-bond donors (Lipinski definition) is 2. The van der Waals surface area contributed by atoms with Gasteiger partial charge in [0.2, 0.25) is 0 Å². The molecule has 0 spiro atoms. The number of nitriles is 1. The van der Waals surface area contributed by atoms with Crippen LogP contribution in [0.1, 0.15) is 10.4 Å². The van der Waals surface area contributed by atoms with Crippen LogP contribution < -0.4 is 14.8 Å². The van der Waals surface area contributed by atoms with Crippen LogP contribution in [-0.2, 0) is 4.79 Å². The van der Waals surface area contributed by atoms with Crippen LogP contribution in [0.15, 0.2) is 16.6 Å². The Morgan fingerprint density at radius 2 is 2.20 bits per heavy atom. The molecule has 0 aliphatic rings. The van der Waals surface area contributed by atoms with Crippen molar-refractivity contribution < 1.29 is 24.2 Å². The van der Waals surface area contributed by atoms with Crippen molar-refractivity contribution in [3.8, 4) is 17.6 Å². The fourth-order valence-corrected chi connectivity index (χ4v) is 1.87. The van der Waals surface area contributed by atoms with E-state index >= 15 is 0 Å². The van der Waals surface area contributed by atoms with E-state index in [1.54, 1.807) is 6.07 Å². The molecule has 20 heavy (non-hydrogen) atoms. The van der Waals surface area contributed by atoms with E-state index in [4.69, 9.17) is 19.8 Å². The maximum atomic E-state index is 11.3. The van der Waals surface area contributed by atoms with Crippen LogP contribution in [0, 0.1) is 11.3 Å². The number of amides is 1. The van der Waals surface area contributed by atoms with Gasteiger partial charge in [0.1, 0.15) is 6.54 Å². The SMILES string of the molecule is COc1cc(C(=O)O)cc(Br)c1OCC(=O)NCC#N. The van der Waals surface area contributed by atoms with Crippen molar-refractivity contribution in [2.45, 2.75) is 0 Å². The molecular formula is C12H11BrN2O5. The predicted octanol–water partition coefficient (Wildman–Crippen LogP) is 1.17. The highest BCUT2D eigenvalue weighted by atomic mass is 79.9. The van der Waals surface area contributed by atoms with Gasteiger partial charge in [-0.15, -0.1) is 0 Å². The van der Waals surface area contributed by atoms with Gasteiger partial charge in [0.25, 0.3) is 5.91 Å². The number of carbonyl (C=O) groups is 2. The largest absolute Gasteiger partial charge is 0.493 e. The highest BCUT2D eigenvalue weighted by Gasteiger charge is 2.16. The molecule has 8 heteroatoms. The first-order chi connectivity index (χ1) is 9.49. The van der Waals surface area contributed by atoms with E-state index in [-0.39, 0.29) is 30.2 Å². The summed E-state index contributed by atoms with van der Waals surface area (Å²) in [6.07, 6.45) is 0. The van der Waals surface area contributed by atoms with Crippen molar-refractivity contribution in [3.05, 3.63) is 22.2 Å². The van der Waals surface area contributed by atoms with Crippen molar-refractivity contribution in [1.29, 1.82) is 5.26 Å². The zero-order chi connectivity index (χ0) is 15.1. The lowest BCUT2D eigenvalue weighted by atomic mass is 10.2. The summed E-state index contributed by atoms with van der Waals surface area (Å²) in [7, 11) is 1.36. The number of carboxylic acids is 1. The lowest BCUT2D eigenvalue weighted by Crippen LogP contribution is -2.29. The fourth-order valence-electron chi connectivity index (χ4n) is 1.31. The molecule has 0 unspecified atom stereocenters. The lowest BCUT2D eigenvalue weighted by Gasteiger charge is -2.13. The Hall–Kier alpha value is -2.27. The van der Waals surface area contributed by atoms with E-state index in [1.807, 2.05) is 0 Å². The Kier molecular flexibility index (Phi) is 5.80. The molecule has 1 amide bonds. The number of hydrogen-bond acceptors (Lipinski definition) is 5. The van der Waals surface area contributed by atoms with E-state index in [2.05, 4.69) is 21.2 Å². The number of carbonyl (C=O) groups excluding carboxylic acids is 1. The van der Waals surface area contributed by atoms with Gasteiger partial charge in [0.15, 0.2) is 18.1 Å². The maximum absolute atomic E-state index is 11.3. The molecule has 0 atom stereocenters. The molecule has 0 aliphatic carbocycles. The van der Waals surface area contributed by atoms with Gasteiger partial charge in [-0.25, -0.2) is 4.79 Å². The molecule has 0 heterocycles. The molecule has 1 aromatic carbocycles. The minimum atomic E-state index is -1.11. The van der Waals surface area contributed by atoms with E-state index in [0.29, 0.717) is 4.47 Å². The van der Waals surface area contributed by atoms with Gasteiger partial charge in [-0.3, -0.25) is 4.79 Å². The van der Waals surface area contributed by atoms with Crippen LogP contribution in [0.25, 0.3) is 0 Å². The Morgan fingerprint density at radius 3 is 2.75 bits per heavy atom. The fraction of sp³-hybridized carbons (Fsp3) is 0.250. The Labute approximate surface area is 123 Å². The molecule has 0 saturated carbocycles. The quantitative estimate of drug-likeness (QED) is 0.751. The molecule has 0 aromatic heterocycles. The molecule has 0 saturated heterocycles. The van der Waals surface area contributed by atoms with Gasteiger partial charge in [0.05, 0.1) is 23.2 Å². The van der Waals surface area contributed by atoms with Crippen molar-refractivity contribution in [2.75, 3.05) is 20.3 Å². The van der Waals surface area contributed by atoms with Crippen molar-refractivity contribution >= 4 is 27.8 Å². The maximum Gasteiger partial charge on any atom is 0.335 e. The van der Waals surface area contributed by atoms with Crippen LogP contribution in [0.3, 0.4) is 0 Å². The standard InChI is InChI=1S/C12H11BrN2O5/c1-19-9-5-7(12(17)18)4-8(13)11(9)20-6-10(16)15-3-2-14/h4-5H,3,6H2,1H3,(H,15,16)(H,17,18). The van der Waals surface area contributed by atoms with E-state index in [0.717, 1.165) is 0 Å². The molecule has 0 fully saturated rings. The number of nitrogens with zero attached hydrogens (tertiary/aromatic N) is 1. The number of carboxylic acid groups (broad SMARTS) is 1. The average molecular weight is 343 g/mol. The van der Waals surface area contributed by atoms with Gasteiger partial charge in [-0.1, -0.05) is 0 Å². The third-order valence-corrected chi connectivity index (χ3v) is 2.78. The summed E-state index contributed by atoms with van der Waals surface area (Å²) in [4.78, 5) is 22.2. The summed E-state index contributed by atoms with van der Waals surface area (Å²) in [5.74, 6) is -1.18. The normalized spacial score (nSPS) is 9.45. The van der Waals surface area contributed by atoms with Crippen LogP contribution in [0.2, 0.25) is 0 Å².